The minimum absolute atomic E-state index is 0.0128. The third kappa shape index (κ3) is 6.12. The number of amides is 1. The SMILES string of the molecule is CCCNc1cccc(C(=O)N(CCC)CCN(C)C)n1. The topological polar surface area (TPSA) is 48.5 Å². The molecule has 1 rings (SSSR count). The van der Waals surface area contributed by atoms with Gasteiger partial charge in [-0.05, 0) is 39.1 Å². The minimum Gasteiger partial charge on any atom is -0.370 e. The molecular formula is C16H28N4O. The molecule has 1 heterocycles. The van der Waals surface area contributed by atoms with Crippen LogP contribution >= 0.6 is 0 Å². The molecule has 5 nitrogen and oxygen atoms in total. The van der Waals surface area contributed by atoms with Gasteiger partial charge in [0.15, 0.2) is 0 Å². The Morgan fingerprint density at radius 2 is 1.90 bits per heavy atom. The van der Waals surface area contributed by atoms with Gasteiger partial charge in [-0.3, -0.25) is 4.79 Å². The average molecular weight is 292 g/mol. The molecule has 1 amide bonds. The summed E-state index contributed by atoms with van der Waals surface area (Å²) in [5.41, 5.74) is 0.517. The Balaban J connectivity index is 2.77. The summed E-state index contributed by atoms with van der Waals surface area (Å²) in [4.78, 5) is 21.0. The Hall–Kier alpha value is -1.62. The number of rotatable bonds is 9. The Morgan fingerprint density at radius 1 is 1.14 bits per heavy atom. The van der Waals surface area contributed by atoms with Gasteiger partial charge in [0.25, 0.3) is 5.91 Å². The Kier molecular flexibility index (Phi) is 7.75. The van der Waals surface area contributed by atoms with Gasteiger partial charge in [0.05, 0.1) is 0 Å². The number of carbonyl (C=O) groups excluding carboxylic acids is 1. The van der Waals surface area contributed by atoms with Gasteiger partial charge in [0.1, 0.15) is 11.5 Å². The molecule has 5 heteroatoms. The van der Waals surface area contributed by atoms with E-state index in [4.69, 9.17) is 0 Å². The molecule has 1 N–H and O–H groups in total. The van der Waals surface area contributed by atoms with E-state index in [-0.39, 0.29) is 5.91 Å². The quantitative estimate of drug-likeness (QED) is 0.759. The predicted molar refractivity (Wildman–Crippen MR) is 87.8 cm³/mol. The van der Waals surface area contributed by atoms with E-state index < -0.39 is 0 Å². The van der Waals surface area contributed by atoms with Gasteiger partial charge in [-0.1, -0.05) is 19.9 Å². The molecule has 0 spiro atoms. The summed E-state index contributed by atoms with van der Waals surface area (Å²) < 4.78 is 0. The average Bonchev–Trinajstić information content (AvgIpc) is 2.48. The van der Waals surface area contributed by atoms with Gasteiger partial charge in [0, 0.05) is 26.2 Å². The van der Waals surface area contributed by atoms with Crippen molar-refractivity contribution in [3.8, 4) is 0 Å². The fraction of sp³-hybridized carbons (Fsp3) is 0.625. The Labute approximate surface area is 128 Å². The van der Waals surface area contributed by atoms with Crippen molar-refractivity contribution < 1.29 is 4.79 Å². The van der Waals surface area contributed by atoms with E-state index in [1.807, 2.05) is 31.1 Å². The second-order valence-electron chi connectivity index (χ2n) is 5.43. The fourth-order valence-electron chi connectivity index (χ4n) is 1.97. The lowest BCUT2D eigenvalue weighted by Crippen LogP contribution is -2.37. The van der Waals surface area contributed by atoms with Crippen molar-refractivity contribution in [3.05, 3.63) is 23.9 Å². The van der Waals surface area contributed by atoms with Crippen molar-refractivity contribution in [2.45, 2.75) is 26.7 Å². The molecule has 0 fully saturated rings. The van der Waals surface area contributed by atoms with E-state index in [1.54, 1.807) is 6.07 Å². The lowest BCUT2D eigenvalue weighted by Gasteiger charge is -2.23. The molecule has 0 bridgehead atoms. The van der Waals surface area contributed by atoms with Crippen LogP contribution in [-0.2, 0) is 0 Å². The summed E-state index contributed by atoms with van der Waals surface area (Å²) >= 11 is 0. The third-order valence-corrected chi connectivity index (χ3v) is 3.12. The van der Waals surface area contributed by atoms with Crippen LogP contribution in [0, 0.1) is 0 Å². The first-order valence-electron chi connectivity index (χ1n) is 7.73. The predicted octanol–water partition coefficient (Wildman–Crippen LogP) is 2.32. The van der Waals surface area contributed by atoms with E-state index in [1.165, 1.54) is 0 Å². The largest absolute Gasteiger partial charge is 0.370 e. The molecule has 21 heavy (non-hydrogen) atoms. The van der Waals surface area contributed by atoms with Crippen molar-refractivity contribution in [3.63, 3.8) is 0 Å². The van der Waals surface area contributed by atoms with Crippen molar-refractivity contribution >= 4 is 11.7 Å². The lowest BCUT2D eigenvalue weighted by atomic mass is 10.3. The number of pyridine rings is 1. The molecule has 0 saturated carbocycles. The first-order valence-corrected chi connectivity index (χ1v) is 7.73. The summed E-state index contributed by atoms with van der Waals surface area (Å²) in [6.07, 6.45) is 1.98. The maximum Gasteiger partial charge on any atom is 0.272 e. The number of hydrogen-bond donors (Lipinski definition) is 1. The van der Waals surface area contributed by atoms with Crippen molar-refractivity contribution in [2.75, 3.05) is 45.6 Å². The maximum atomic E-state index is 12.6. The first-order chi connectivity index (χ1) is 10.1. The molecular weight excluding hydrogens is 264 g/mol. The highest BCUT2D eigenvalue weighted by Gasteiger charge is 2.16. The number of anilines is 1. The van der Waals surface area contributed by atoms with Gasteiger partial charge >= 0.3 is 0 Å². The highest BCUT2D eigenvalue weighted by Crippen LogP contribution is 2.08. The first kappa shape index (κ1) is 17.4. The van der Waals surface area contributed by atoms with Crippen LogP contribution in [0.15, 0.2) is 18.2 Å². The number of carbonyl (C=O) groups is 1. The van der Waals surface area contributed by atoms with Crippen molar-refractivity contribution in [1.82, 2.24) is 14.8 Å². The molecule has 0 radical (unpaired) electrons. The number of hydrogen-bond acceptors (Lipinski definition) is 4. The number of aromatic nitrogens is 1. The number of nitrogens with one attached hydrogen (secondary N) is 1. The van der Waals surface area contributed by atoms with E-state index in [2.05, 4.69) is 29.0 Å². The Bertz CT molecular complexity index is 434. The molecule has 0 aliphatic rings. The second-order valence-corrected chi connectivity index (χ2v) is 5.43. The molecule has 0 saturated heterocycles. The molecule has 0 atom stereocenters. The smallest absolute Gasteiger partial charge is 0.272 e. The van der Waals surface area contributed by atoms with Crippen LogP contribution in [0.4, 0.5) is 5.82 Å². The minimum atomic E-state index is 0.0128. The van der Waals surface area contributed by atoms with Crippen LogP contribution < -0.4 is 5.32 Å². The van der Waals surface area contributed by atoms with Crippen LogP contribution in [0.5, 0.6) is 0 Å². The third-order valence-electron chi connectivity index (χ3n) is 3.12. The summed E-state index contributed by atoms with van der Waals surface area (Å²) in [6, 6.07) is 5.57. The monoisotopic (exact) mass is 292 g/mol. The highest BCUT2D eigenvalue weighted by atomic mass is 16.2. The van der Waals surface area contributed by atoms with Crippen LogP contribution in [0.1, 0.15) is 37.2 Å². The van der Waals surface area contributed by atoms with Crippen LogP contribution in [0.25, 0.3) is 0 Å². The van der Waals surface area contributed by atoms with Gasteiger partial charge < -0.3 is 15.1 Å². The van der Waals surface area contributed by atoms with E-state index in [0.29, 0.717) is 5.69 Å². The standard InChI is InChI=1S/C16H28N4O/c1-5-10-17-15-9-7-8-14(18-15)16(21)20(11-6-2)13-12-19(3)4/h7-9H,5-6,10-13H2,1-4H3,(H,17,18). The molecule has 0 unspecified atom stereocenters. The van der Waals surface area contributed by atoms with Gasteiger partial charge in [-0.2, -0.15) is 0 Å². The zero-order valence-electron chi connectivity index (χ0n) is 13.7. The normalized spacial score (nSPS) is 10.7. The molecule has 1 aromatic heterocycles. The lowest BCUT2D eigenvalue weighted by molar-refractivity contribution is 0.0739. The zero-order valence-corrected chi connectivity index (χ0v) is 13.7. The van der Waals surface area contributed by atoms with Gasteiger partial charge in [-0.15, -0.1) is 0 Å². The van der Waals surface area contributed by atoms with E-state index in [9.17, 15) is 4.79 Å². The van der Waals surface area contributed by atoms with E-state index in [0.717, 1.165) is 44.8 Å². The van der Waals surface area contributed by atoms with Crippen molar-refractivity contribution in [2.24, 2.45) is 0 Å². The molecule has 0 aromatic carbocycles. The summed E-state index contributed by atoms with van der Waals surface area (Å²) in [6.45, 7) is 7.41. The van der Waals surface area contributed by atoms with Crippen LogP contribution in [-0.4, -0.2) is 61.0 Å². The molecule has 118 valence electrons. The fourth-order valence-corrected chi connectivity index (χ4v) is 1.97. The van der Waals surface area contributed by atoms with Crippen LogP contribution in [0.3, 0.4) is 0 Å². The summed E-state index contributed by atoms with van der Waals surface area (Å²) in [5, 5.41) is 3.22. The Morgan fingerprint density at radius 3 is 2.52 bits per heavy atom. The summed E-state index contributed by atoms with van der Waals surface area (Å²) in [5.74, 6) is 0.783. The van der Waals surface area contributed by atoms with E-state index >= 15 is 0 Å². The summed E-state index contributed by atoms with van der Waals surface area (Å²) in [7, 11) is 4.03. The molecule has 0 aliphatic carbocycles. The number of likely N-dealkylation sites (N-methyl/N-ethyl adjacent to an activating group) is 1. The van der Waals surface area contributed by atoms with Crippen LogP contribution in [0.2, 0.25) is 0 Å². The maximum absolute atomic E-state index is 12.6. The van der Waals surface area contributed by atoms with Gasteiger partial charge in [0.2, 0.25) is 0 Å². The zero-order chi connectivity index (χ0) is 15.7. The molecule has 0 aliphatic heterocycles. The van der Waals surface area contributed by atoms with Gasteiger partial charge in [-0.25, -0.2) is 4.98 Å². The number of nitrogens with zero attached hydrogens (tertiary/aromatic N) is 3. The highest BCUT2D eigenvalue weighted by molar-refractivity contribution is 5.92. The second kappa shape index (κ2) is 9.34. The molecule has 1 aromatic rings. The van der Waals surface area contributed by atoms with Crippen molar-refractivity contribution in [1.29, 1.82) is 0 Å².